The SMILES string of the molecule is Cc1ccccc1OC(=O)N1CCc2cc(-c3cc(C(=O)N(c4ccc(O)cc4)c4cc(C#N)n(C)c4C)c(C)n3C)c(C(=O)N3Cc4ccccc4C[C@H]3CN3CCOCC3)cc2C1. The highest BCUT2D eigenvalue weighted by Crippen LogP contribution is 2.39. The number of amides is 3. The summed E-state index contributed by atoms with van der Waals surface area (Å²) in [6, 6.07) is 31.9. The molecular formula is C52H53N7O6. The molecule has 13 heteroatoms. The zero-order valence-corrected chi connectivity index (χ0v) is 37.5. The van der Waals surface area contributed by atoms with Crippen molar-refractivity contribution in [2.75, 3.05) is 44.3 Å². The van der Waals surface area contributed by atoms with Gasteiger partial charge in [-0.3, -0.25) is 19.4 Å². The summed E-state index contributed by atoms with van der Waals surface area (Å²) in [4.78, 5) is 52.1. The number of rotatable bonds is 8. The molecule has 5 heterocycles. The molecule has 1 atom stereocenters. The van der Waals surface area contributed by atoms with Gasteiger partial charge in [0.05, 0.1) is 24.5 Å². The maximum Gasteiger partial charge on any atom is 0.415 e. The van der Waals surface area contributed by atoms with Crippen molar-refractivity contribution in [2.45, 2.75) is 52.7 Å². The molecule has 332 valence electrons. The number of ether oxygens (including phenoxy) is 2. The molecule has 0 aliphatic carbocycles. The number of carbonyl (C=O) groups excluding carboxylic acids is 3. The summed E-state index contributed by atoms with van der Waals surface area (Å²) in [5.74, 6) is 0.103. The second kappa shape index (κ2) is 17.8. The van der Waals surface area contributed by atoms with Crippen LogP contribution in [0.3, 0.4) is 0 Å². The molecule has 0 radical (unpaired) electrons. The Hall–Kier alpha value is -7.14. The highest BCUT2D eigenvalue weighted by molar-refractivity contribution is 6.13. The van der Waals surface area contributed by atoms with Gasteiger partial charge in [0.2, 0.25) is 0 Å². The first kappa shape index (κ1) is 43.1. The summed E-state index contributed by atoms with van der Waals surface area (Å²) in [6.07, 6.45) is 0.795. The number of para-hydroxylation sites is 1. The van der Waals surface area contributed by atoms with E-state index in [9.17, 15) is 15.2 Å². The van der Waals surface area contributed by atoms with Gasteiger partial charge in [-0.2, -0.15) is 5.26 Å². The van der Waals surface area contributed by atoms with E-state index >= 15 is 9.59 Å². The molecule has 65 heavy (non-hydrogen) atoms. The second-order valence-electron chi connectivity index (χ2n) is 17.4. The van der Waals surface area contributed by atoms with Crippen LogP contribution in [-0.4, -0.2) is 92.3 Å². The van der Waals surface area contributed by atoms with E-state index in [1.165, 1.54) is 17.7 Å². The first-order chi connectivity index (χ1) is 31.4. The minimum Gasteiger partial charge on any atom is -0.508 e. The third kappa shape index (κ3) is 8.27. The van der Waals surface area contributed by atoms with E-state index in [1.54, 1.807) is 45.7 Å². The predicted molar refractivity (Wildman–Crippen MR) is 247 cm³/mol. The van der Waals surface area contributed by atoms with Crippen LogP contribution < -0.4 is 9.64 Å². The van der Waals surface area contributed by atoms with Crippen LogP contribution in [0.25, 0.3) is 11.3 Å². The number of phenolic OH excluding ortho intramolecular Hbond substituents is 1. The fourth-order valence-electron chi connectivity index (χ4n) is 9.49. The van der Waals surface area contributed by atoms with E-state index in [0.717, 1.165) is 35.3 Å². The number of aryl methyl sites for hydroxylation is 1. The Morgan fingerprint density at radius 2 is 1.52 bits per heavy atom. The van der Waals surface area contributed by atoms with Crippen molar-refractivity contribution in [3.63, 3.8) is 0 Å². The number of nitriles is 1. The summed E-state index contributed by atoms with van der Waals surface area (Å²) < 4.78 is 15.3. The second-order valence-corrected chi connectivity index (χ2v) is 17.4. The lowest BCUT2D eigenvalue weighted by Gasteiger charge is -2.41. The number of hydrogen-bond acceptors (Lipinski definition) is 8. The highest BCUT2D eigenvalue weighted by Gasteiger charge is 2.36. The standard InChI is InChI=1S/C52H53N7O6/c1-33-10-6-9-13-49(33)65-52(63)57-19-18-37-25-45(46(26-39(37)30-57)50(61)58-31-38-12-8-7-11-36(38)24-42(58)32-56-20-22-64-23-21-56)48-28-44(34(2)55(48)5)51(62)59(40-14-16-43(60)17-15-40)47-27-41(29-53)54(4)35(47)3/h6-17,25-28,42,60H,18-24,30-32H2,1-5H3/t42-/m0/s1. The summed E-state index contributed by atoms with van der Waals surface area (Å²) >= 11 is 0. The molecule has 1 saturated heterocycles. The van der Waals surface area contributed by atoms with Crippen LogP contribution in [-0.2, 0) is 44.8 Å². The normalized spacial score (nSPS) is 16.1. The molecule has 1 fully saturated rings. The first-order valence-corrected chi connectivity index (χ1v) is 22.1. The Morgan fingerprint density at radius 1 is 0.800 bits per heavy atom. The topological polar surface area (TPSA) is 137 Å². The fourth-order valence-corrected chi connectivity index (χ4v) is 9.49. The Kier molecular flexibility index (Phi) is 11.8. The Labute approximate surface area is 379 Å². The van der Waals surface area contributed by atoms with E-state index in [1.807, 2.05) is 73.7 Å². The number of carbonyl (C=O) groups is 3. The summed E-state index contributed by atoms with van der Waals surface area (Å²) in [6.45, 7) is 10.4. The number of nitrogens with zero attached hydrogens (tertiary/aromatic N) is 7. The summed E-state index contributed by atoms with van der Waals surface area (Å²) in [7, 11) is 3.69. The monoisotopic (exact) mass is 871 g/mol. The van der Waals surface area contributed by atoms with E-state index in [4.69, 9.17) is 9.47 Å². The van der Waals surface area contributed by atoms with E-state index < -0.39 is 6.09 Å². The Bertz CT molecular complexity index is 2870. The lowest BCUT2D eigenvalue weighted by atomic mass is 9.89. The fraction of sp³-hybridized carbons (Fsp3) is 0.308. The molecule has 3 amide bonds. The molecule has 2 aromatic heterocycles. The van der Waals surface area contributed by atoms with Crippen molar-refractivity contribution in [2.24, 2.45) is 14.1 Å². The van der Waals surface area contributed by atoms with Crippen LogP contribution in [0.15, 0.2) is 97.1 Å². The molecule has 0 spiro atoms. The average molecular weight is 872 g/mol. The number of aromatic hydroxyl groups is 1. The zero-order chi connectivity index (χ0) is 45.5. The van der Waals surface area contributed by atoms with Gasteiger partial charge in [0.25, 0.3) is 11.8 Å². The predicted octanol–water partition coefficient (Wildman–Crippen LogP) is 7.97. The Morgan fingerprint density at radius 3 is 2.25 bits per heavy atom. The van der Waals surface area contributed by atoms with E-state index in [2.05, 4.69) is 35.2 Å². The molecule has 3 aliphatic rings. The van der Waals surface area contributed by atoms with Gasteiger partial charge in [-0.15, -0.1) is 0 Å². The van der Waals surface area contributed by atoms with Gasteiger partial charge in [0.1, 0.15) is 23.3 Å². The van der Waals surface area contributed by atoms with Crippen molar-refractivity contribution in [1.29, 1.82) is 5.26 Å². The van der Waals surface area contributed by atoms with Gasteiger partial charge in [0.15, 0.2) is 0 Å². The number of anilines is 2. The van der Waals surface area contributed by atoms with Crippen LogP contribution >= 0.6 is 0 Å². The van der Waals surface area contributed by atoms with E-state index in [-0.39, 0.29) is 30.2 Å². The maximum atomic E-state index is 15.6. The van der Waals surface area contributed by atoms with Crippen molar-refractivity contribution >= 4 is 29.3 Å². The lowest BCUT2D eigenvalue weighted by Crippen LogP contribution is -2.52. The molecule has 3 aliphatic heterocycles. The number of benzene rings is 4. The zero-order valence-electron chi connectivity index (χ0n) is 37.5. The Balaban J connectivity index is 1.15. The molecule has 13 nitrogen and oxygen atoms in total. The van der Waals surface area contributed by atoms with Gasteiger partial charge in [-0.1, -0.05) is 42.5 Å². The minimum absolute atomic E-state index is 0.0575. The van der Waals surface area contributed by atoms with Crippen molar-refractivity contribution in [3.8, 4) is 28.8 Å². The van der Waals surface area contributed by atoms with E-state index in [0.29, 0.717) is 102 Å². The van der Waals surface area contributed by atoms with Crippen LogP contribution in [0.5, 0.6) is 11.5 Å². The average Bonchev–Trinajstić information content (AvgIpc) is 3.78. The smallest absolute Gasteiger partial charge is 0.415 e. The largest absolute Gasteiger partial charge is 0.508 e. The van der Waals surface area contributed by atoms with Gasteiger partial charge in [-0.05, 0) is 116 Å². The third-order valence-corrected chi connectivity index (χ3v) is 13.5. The van der Waals surface area contributed by atoms with Gasteiger partial charge < -0.3 is 33.5 Å². The van der Waals surface area contributed by atoms with Gasteiger partial charge >= 0.3 is 6.09 Å². The number of phenols is 1. The van der Waals surface area contributed by atoms with Crippen molar-refractivity contribution < 1.29 is 29.0 Å². The van der Waals surface area contributed by atoms with Crippen LogP contribution in [0.1, 0.15) is 65.6 Å². The number of fused-ring (bicyclic) bond motifs is 2. The molecule has 6 aromatic rings. The molecule has 0 saturated carbocycles. The summed E-state index contributed by atoms with van der Waals surface area (Å²) in [5, 5.41) is 20.1. The van der Waals surface area contributed by atoms with Crippen LogP contribution in [0.4, 0.5) is 16.2 Å². The molecular weight excluding hydrogens is 819 g/mol. The molecule has 1 N–H and O–H groups in total. The lowest BCUT2D eigenvalue weighted by molar-refractivity contribution is 0.0193. The minimum atomic E-state index is -0.449. The van der Waals surface area contributed by atoms with Crippen LogP contribution in [0.2, 0.25) is 0 Å². The molecule has 0 bridgehead atoms. The van der Waals surface area contributed by atoms with Gasteiger partial charge in [0, 0.05) is 93.3 Å². The summed E-state index contributed by atoms with van der Waals surface area (Å²) in [5.41, 5.74) is 10.2. The number of aromatic nitrogens is 2. The van der Waals surface area contributed by atoms with Crippen LogP contribution in [0, 0.1) is 32.1 Å². The van der Waals surface area contributed by atoms with Crippen molar-refractivity contribution in [1.82, 2.24) is 23.8 Å². The first-order valence-electron chi connectivity index (χ1n) is 22.1. The van der Waals surface area contributed by atoms with Crippen molar-refractivity contribution in [3.05, 3.63) is 153 Å². The number of morpholine rings is 1. The van der Waals surface area contributed by atoms with Gasteiger partial charge in [-0.25, -0.2) is 4.79 Å². The maximum absolute atomic E-state index is 15.6. The third-order valence-electron chi connectivity index (χ3n) is 13.5. The quantitative estimate of drug-likeness (QED) is 0.163. The molecule has 0 unspecified atom stereocenters. The molecule has 4 aromatic carbocycles. The highest BCUT2D eigenvalue weighted by atomic mass is 16.6. The molecule has 9 rings (SSSR count). The number of hydrogen-bond donors (Lipinski definition) is 1.